The summed E-state index contributed by atoms with van der Waals surface area (Å²) < 4.78 is 5.28. The zero-order chi connectivity index (χ0) is 21.3. The van der Waals surface area contributed by atoms with Crippen molar-refractivity contribution < 1.29 is 19.1 Å². The Hall–Kier alpha value is -2.35. The third-order valence-electron chi connectivity index (χ3n) is 6.49. The van der Waals surface area contributed by atoms with Gasteiger partial charge in [0.1, 0.15) is 5.57 Å². The van der Waals surface area contributed by atoms with Crippen LogP contribution < -0.4 is 0 Å². The highest BCUT2D eigenvalue weighted by Crippen LogP contribution is 2.40. The average Bonchev–Trinajstić information content (AvgIpc) is 3.31. The van der Waals surface area contributed by atoms with Gasteiger partial charge in [0.25, 0.3) is 11.8 Å². The molecule has 162 valence electrons. The molecule has 4 rings (SSSR count). The van der Waals surface area contributed by atoms with E-state index in [1.54, 1.807) is 18.9 Å². The number of fused-ring (bicyclic) bond motifs is 1. The summed E-state index contributed by atoms with van der Waals surface area (Å²) in [5.74, 6) is -0.547. The van der Waals surface area contributed by atoms with Crippen molar-refractivity contribution >= 4 is 29.1 Å². The van der Waals surface area contributed by atoms with Gasteiger partial charge in [0.2, 0.25) is 0 Å². The van der Waals surface area contributed by atoms with E-state index >= 15 is 0 Å². The molecule has 1 saturated carbocycles. The van der Waals surface area contributed by atoms with E-state index in [0.29, 0.717) is 26.2 Å². The summed E-state index contributed by atoms with van der Waals surface area (Å²) in [4.78, 5) is 45.2. The number of hydrogen-bond donors (Lipinski definition) is 0. The molecule has 2 atom stereocenters. The van der Waals surface area contributed by atoms with E-state index in [9.17, 15) is 14.4 Å². The number of rotatable bonds is 4. The van der Waals surface area contributed by atoms with Crippen molar-refractivity contribution in [2.75, 3.05) is 39.8 Å². The number of nitrogens with zero attached hydrogens (tertiary/aromatic N) is 3. The largest absolute Gasteiger partial charge is 0.462 e. The average molecular weight is 432 g/mol. The Kier molecular flexibility index (Phi) is 6.13. The fourth-order valence-electron chi connectivity index (χ4n) is 5.01. The number of piperazine rings is 1. The molecule has 3 heterocycles. The van der Waals surface area contributed by atoms with Crippen LogP contribution in [0.2, 0.25) is 0 Å². The summed E-state index contributed by atoms with van der Waals surface area (Å²) in [5.41, 5.74) is 1.05. The van der Waals surface area contributed by atoms with Crippen molar-refractivity contribution in [1.82, 2.24) is 14.7 Å². The Labute approximate surface area is 181 Å². The second-order valence-electron chi connectivity index (χ2n) is 8.11. The van der Waals surface area contributed by atoms with Gasteiger partial charge in [-0.15, -0.1) is 11.3 Å². The summed E-state index contributed by atoms with van der Waals surface area (Å²) in [6, 6.07) is 3.87. The van der Waals surface area contributed by atoms with Crippen molar-refractivity contribution in [2.45, 2.75) is 38.6 Å². The van der Waals surface area contributed by atoms with Crippen molar-refractivity contribution in [2.24, 2.45) is 5.92 Å². The minimum atomic E-state index is -0.523. The molecule has 1 aromatic heterocycles. The van der Waals surface area contributed by atoms with Crippen molar-refractivity contribution in [3.8, 4) is 0 Å². The van der Waals surface area contributed by atoms with Gasteiger partial charge in [-0.3, -0.25) is 9.59 Å². The van der Waals surface area contributed by atoms with E-state index in [1.165, 1.54) is 11.3 Å². The topological polar surface area (TPSA) is 70.2 Å². The highest BCUT2D eigenvalue weighted by molar-refractivity contribution is 7.12. The highest BCUT2D eigenvalue weighted by Gasteiger charge is 2.46. The molecule has 7 nitrogen and oxygen atoms in total. The van der Waals surface area contributed by atoms with Gasteiger partial charge in [-0.05, 0) is 31.2 Å². The zero-order valence-corrected chi connectivity index (χ0v) is 18.5. The van der Waals surface area contributed by atoms with Gasteiger partial charge in [-0.25, -0.2) is 4.79 Å². The Balaban J connectivity index is 1.61. The van der Waals surface area contributed by atoms with E-state index in [4.69, 9.17) is 4.74 Å². The lowest BCUT2D eigenvalue weighted by Gasteiger charge is -2.48. The molecule has 0 spiro atoms. The minimum Gasteiger partial charge on any atom is -0.462 e. The molecule has 2 unspecified atom stereocenters. The second-order valence-corrected chi connectivity index (χ2v) is 9.06. The monoisotopic (exact) mass is 431 g/mol. The number of thiophene rings is 1. The number of carbonyl (C=O) groups is 3. The van der Waals surface area contributed by atoms with Crippen LogP contribution in [0.1, 0.15) is 42.3 Å². The van der Waals surface area contributed by atoms with Crippen LogP contribution in [0.5, 0.6) is 0 Å². The number of likely N-dealkylation sites (N-methyl/N-ethyl adjacent to an activating group) is 1. The molecule has 0 aromatic carbocycles. The first-order chi connectivity index (χ1) is 14.5. The molecule has 2 amide bonds. The predicted octanol–water partition coefficient (Wildman–Crippen LogP) is 2.35. The van der Waals surface area contributed by atoms with Crippen molar-refractivity contribution in [1.29, 1.82) is 0 Å². The number of hydrogen-bond acceptors (Lipinski definition) is 6. The lowest BCUT2D eigenvalue weighted by Crippen LogP contribution is -2.56. The molecular weight excluding hydrogens is 402 g/mol. The van der Waals surface area contributed by atoms with Crippen LogP contribution in [0, 0.1) is 5.92 Å². The van der Waals surface area contributed by atoms with Gasteiger partial charge in [0.05, 0.1) is 11.5 Å². The number of esters is 1. The Morgan fingerprint density at radius 1 is 1.17 bits per heavy atom. The molecule has 0 radical (unpaired) electrons. The lowest BCUT2D eigenvalue weighted by molar-refractivity contribution is -0.144. The molecular formula is C22H29N3O4S. The number of amides is 2. The third-order valence-corrected chi connectivity index (χ3v) is 7.35. The molecule has 2 aliphatic heterocycles. The molecule has 1 saturated heterocycles. The third kappa shape index (κ3) is 3.73. The van der Waals surface area contributed by atoms with Gasteiger partial charge in [0.15, 0.2) is 0 Å². The fraction of sp³-hybridized carbons (Fsp3) is 0.591. The zero-order valence-electron chi connectivity index (χ0n) is 17.6. The summed E-state index contributed by atoms with van der Waals surface area (Å²) in [6.45, 7) is 4.40. The van der Waals surface area contributed by atoms with Crippen LogP contribution in [0.3, 0.4) is 0 Å². The summed E-state index contributed by atoms with van der Waals surface area (Å²) in [6.07, 6.45) is 4.13. The quantitative estimate of drug-likeness (QED) is 0.541. The van der Waals surface area contributed by atoms with Crippen LogP contribution in [-0.2, 0) is 14.3 Å². The lowest BCUT2D eigenvalue weighted by atomic mass is 9.76. The van der Waals surface area contributed by atoms with Crippen LogP contribution in [-0.4, -0.2) is 78.4 Å². The first-order valence-corrected chi connectivity index (χ1v) is 11.7. The molecule has 1 aliphatic carbocycles. The summed E-state index contributed by atoms with van der Waals surface area (Å²) >= 11 is 1.45. The summed E-state index contributed by atoms with van der Waals surface area (Å²) in [7, 11) is 1.80. The maximum atomic E-state index is 13.2. The van der Waals surface area contributed by atoms with E-state index in [2.05, 4.69) is 4.90 Å². The Morgan fingerprint density at radius 2 is 1.90 bits per heavy atom. The van der Waals surface area contributed by atoms with Gasteiger partial charge in [0, 0.05) is 50.9 Å². The SMILES string of the molecule is CCOC(=O)C1=C(N2CCN(C(=O)c3cccs3)CC2)C2CCCCC2N(C)C1=O. The predicted molar refractivity (Wildman–Crippen MR) is 114 cm³/mol. The Bertz CT molecular complexity index is 843. The molecule has 2 fully saturated rings. The smallest absolute Gasteiger partial charge is 0.345 e. The van der Waals surface area contributed by atoms with Crippen LogP contribution in [0.4, 0.5) is 0 Å². The van der Waals surface area contributed by atoms with Gasteiger partial charge >= 0.3 is 5.97 Å². The van der Waals surface area contributed by atoms with Crippen LogP contribution >= 0.6 is 11.3 Å². The summed E-state index contributed by atoms with van der Waals surface area (Å²) in [5, 5.41) is 1.91. The first kappa shape index (κ1) is 20.9. The van der Waals surface area contributed by atoms with Gasteiger partial charge < -0.3 is 19.4 Å². The highest BCUT2D eigenvalue weighted by atomic mass is 32.1. The molecule has 3 aliphatic rings. The van der Waals surface area contributed by atoms with Crippen LogP contribution in [0.25, 0.3) is 0 Å². The second kappa shape index (κ2) is 8.79. The van der Waals surface area contributed by atoms with Gasteiger partial charge in [-0.1, -0.05) is 18.9 Å². The first-order valence-electron chi connectivity index (χ1n) is 10.8. The van der Waals surface area contributed by atoms with E-state index in [1.807, 2.05) is 22.4 Å². The van der Waals surface area contributed by atoms with Crippen molar-refractivity contribution in [3.63, 3.8) is 0 Å². The van der Waals surface area contributed by atoms with Gasteiger partial charge in [-0.2, -0.15) is 0 Å². The Morgan fingerprint density at radius 3 is 2.57 bits per heavy atom. The van der Waals surface area contributed by atoms with Crippen LogP contribution in [0.15, 0.2) is 28.8 Å². The maximum Gasteiger partial charge on any atom is 0.345 e. The van der Waals surface area contributed by atoms with E-state index in [0.717, 1.165) is 36.3 Å². The van der Waals surface area contributed by atoms with E-state index in [-0.39, 0.29) is 36.0 Å². The fourth-order valence-corrected chi connectivity index (χ4v) is 5.70. The molecule has 8 heteroatoms. The molecule has 1 aromatic rings. The van der Waals surface area contributed by atoms with E-state index < -0.39 is 5.97 Å². The molecule has 30 heavy (non-hydrogen) atoms. The molecule has 0 bridgehead atoms. The van der Waals surface area contributed by atoms with Crippen molar-refractivity contribution in [3.05, 3.63) is 33.7 Å². The number of carbonyl (C=O) groups excluding carboxylic acids is 3. The maximum absolute atomic E-state index is 13.2. The molecule has 0 N–H and O–H groups in total. The number of ether oxygens (including phenoxy) is 1. The standard InChI is InChI=1S/C22H29N3O4S/c1-3-29-22(28)18-19(15-7-4-5-8-16(15)23(2)21(18)27)24-10-12-25(13-11-24)20(26)17-9-6-14-30-17/h6,9,14-16H,3-5,7-8,10-13H2,1-2H3. The normalized spacial score (nSPS) is 24.7. The minimum absolute atomic E-state index is 0.0549.